The zero-order valence-electron chi connectivity index (χ0n) is 16.9. The minimum Gasteiger partial charge on any atom is -0.332 e. The van der Waals surface area contributed by atoms with Crippen LogP contribution in [0.4, 0.5) is 5.13 Å². The van der Waals surface area contributed by atoms with Crippen LogP contribution in [0.25, 0.3) is 0 Å². The average Bonchev–Trinajstić information content (AvgIpc) is 2.92. The van der Waals surface area contributed by atoms with Crippen LogP contribution in [0.2, 0.25) is 0 Å². The van der Waals surface area contributed by atoms with Gasteiger partial charge < -0.3 is 15.1 Å². The number of aromatic nitrogens is 1. The maximum absolute atomic E-state index is 12.6. The van der Waals surface area contributed by atoms with Gasteiger partial charge in [-0.05, 0) is 33.4 Å². The number of anilines is 1. The van der Waals surface area contributed by atoms with E-state index in [1.165, 1.54) is 11.3 Å². The molecule has 26 heavy (non-hydrogen) atoms. The molecule has 6 nitrogen and oxygen atoms in total. The molecule has 0 aliphatic carbocycles. The van der Waals surface area contributed by atoms with Crippen molar-refractivity contribution in [3.05, 3.63) is 10.6 Å². The molecule has 2 amide bonds. The third-order valence-electron chi connectivity index (χ3n) is 4.54. The molecule has 1 heterocycles. The van der Waals surface area contributed by atoms with Gasteiger partial charge in [-0.3, -0.25) is 9.59 Å². The van der Waals surface area contributed by atoms with Crippen molar-refractivity contribution in [2.24, 2.45) is 0 Å². The first-order valence-electron chi connectivity index (χ1n) is 9.65. The normalized spacial score (nSPS) is 11.0. The maximum Gasteiger partial charge on any atom is 0.245 e. The summed E-state index contributed by atoms with van der Waals surface area (Å²) in [5.41, 5.74) is 0.930. The molecule has 0 fully saturated rings. The topological polar surface area (TPSA) is 65.5 Å². The largest absolute Gasteiger partial charge is 0.332 e. The first-order chi connectivity index (χ1) is 12.4. The number of nitrogens with one attached hydrogen (secondary N) is 1. The number of hydrogen-bond donors (Lipinski definition) is 1. The summed E-state index contributed by atoms with van der Waals surface area (Å²) in [4.78, 5) is 34.4. The summed E-state index contributed by atoms with van der Waals surface area (Å²) in [7, 11) is 0. The molecule has 0 aromatic carbocycles. The highest BCUT2D eigenvalue weighted by atomic mass is 32.1. The van der Waals surface area contributed by atoms with E-state index in [2.05, 4.69) is 36.0 Å². The van der Waals surface area contributed by atoms with Crippen LogP contribution in [0, 0.1) is 13.8 Å². The first-order valence-corrected chi connectivity index (χ1v) is 10.5. The highest BCUT2D eigenvalue weighted by Crippen LogP contribution is 2.20. The zero-order valence-corrected chi connectivity index (χ0v) is 17.7. The van der Waals surface area contributed by atoms with Crippen molar-refractivity contribution in [3.63, 3.8) is 0 Å². The highest BCUT2D eigenvalue weighted by molar-refractivity contribution is 7.15. The second-order valence-corrected chi connectivity index (χ2v) is 7.71. The zero-order chi connectivity index (χ0) is 19.5. The Morgan fingerprint density at radius 3 is 2.31 bits per heavy atom. The van der Waals surface area contributed by atoms with Crippen LogP contribution in [-0.2, 0) is 9.59 Å². The highest BCUT2D eigenvalue weighted by Gasteiger charge is 2.18. The van der Waals surface area contributed by atoms with E-state index in [0.717, 1.165) is 49.5 Å². The Labute approximate surface area is 162 Å². The van der Waals surface area contributed by atoms with Crippen LogP contribution in [0.1, 0.15) is 57.0 Å². The SMILES string of the molecule is CCCCCC(=O)N(CCN(CC)CC)CC(=O)Nc1nc(C)c(C)s1. The number of likely N-dealkylation sites (N-methyl/N-ethyl adjacent to an activating group) is 1. The van der Waals surface area contributed by atoms with Crippen LogP contribution < -0.4 is 5.32 Å². The van der Waals surface area contributed by atoms with Gasteiger partial charge in [0.25, 0.3) is 0 Å². The Kier molecular flexibility index (Phi) is 10.4. The lowest BCUT2D eigenvalue weighted by Gasteiger charge is -2.26. The van der Waals surface area contributed by atoms with Crippen molar-refractivity contribution in [1.82, 2.24) is 14.8 Å². The van der Waals surface area contributed by atoms with E-state index >= 15 is 0 Å². The Hall–Kier alpha value is -1.47. The van der Waals surface area contributed by atoms with Gasteiger partial charge >= 0.3 is 0 Å². The molecule has 1 rings (SSSR count). The molecule has 7 heteroatoms. The summed E-state index contributed by atoms with van der Waals surface area (Å²) in [6.45, 7) is 13.6. The predicted octanol–water partition coefficient (Wildman–Crippen LogP) is 3.45. The molecular formula is C19H34N4O2S. The van der Waals surface area contributed by atoms with E-state index in [9.17, 15) is 9.59 Å². The predicted molar refractivity (Wildman–Crippen MR) is 109 cm³/mol. The molecule has 1 N–H and O–H groups in total. The third kappa shape index (κ3) is 7.83. The molecule has 0 aliphatic rings. The van der Waals surface area contributed by atoms with Crippen molar-refractivity contribution in [1.29, 1.82) is 0 Å². The van der Waals surface area contributed by atoms with E-state index in [1.807, 2.05) is 13.8 Å². The molecule has 0 saturated heterocycles. The fourth-order valence-corrected chi connectivity index (χ4v) is 3.47. The lowest BCUT2D eigenvalue weighted by atomic mass is 10.2. The van der Waals surface area contributed by atoms with Gasteiger partial charge in [-0.15, -0.1) is 11.3 Å². The Morgan fingerprint density at radius 2 is 1.77 bits per heavy atom. The van der Waals surface area contributed by atoms with Crippen LogP contribution >= 0.6 is 11.3 Å². The average molecular weight is 383 g/mol. The van der Waals surface area contributed by atoms with Crippen LogP contribution in [0.5, 0.6) is 0 Å². The van der Waals surface area contributed by atoms with Gasteiger partial charge in [0.05, 0.1) is 12.2 Å². The van der Waals surface area contributed by atoms with Crippen molar-refractivity contribution in [2.45, 2.75) is 60.3 Å². The summed E-state index contributed by atoms with van der Waals surface area (Å²) in [6, 6.07) is 0. The monoisotopic (exact) mass is 382 g/mol. The maximum atomic E-state index is 12.6. The molecule has 0 unspecified atom stereocenters. The number of carbonyl (C=O) groups is 2. The van der Waals surface area contributed by atoms with E-state index in [4.69, 9.17) is 0 Å². The van der Waals surface area contributed by atoms with Crippen LogP contribution in [-0.4, -0.2) is 59.3 Å². The number of thiazole rings is 1. The first kappa shape index (κ1) is 22.6. The van der Waals surface area contributed by atoms with Crippen LogP contribution in [0.3, 0.4) is 0 Å². The van der Waals surface area contributed by atoms with Gasteiger partial charge in [0.1, 0.15) is 0 Å². The lowest BCUT2D eigenvalue weighted by molar-refractivity contribution is -0.135. The number of nitrogens with zero attached hydrogens (tertiary/aromatic N) is 3. The summed E-state index contributed by atoms with van der Waals surface area (Å²) in [6.07, 6.45) is 3.51. The van der Waals surface area contributed by atoms with Gasteiger partial charge in [-0.1, -0.05) is 33.6 Å². The molecule has 1 aromatic rings. The number of aryl methyl sites for hydroxylation is 2. The summed E-state index contributed by atoms with van der Waals surface area (Å²) >= 11 is 1.47. The number of rotatable bonds is 12. The second kappa shape index (κ2) is 12.0. The van der Waals surface area contributed by atoms with Gasteiger partial charge in [-0.25, -0.2) is 4.98 Å². The van der Waals surface area contributed by atoms with Gasteiger partial charge in [0.15, 0.2) is 5.13 Å². The Bertz CT molecular complexity index is 550. The van der Waals surface area contributed by atoms with Gasteiger partial charge in [-0.2, -0.15) is 0 Å². The van der Waals surface area contributed by atoms with Gasteiger partial charge in [0.2, 0.25) is 11.8 Å². The number of carbonyl (C=O) groups excluding carboxylic acids is 2. The summed E-state index contributed by atoms with van der Waals surface area (Å²) in [5, 5.41) is 3.44. The molecular weight excluding hydrogens is 348 g/mol. The molecule has 0 radical (unpaired) electrons. The van der Waals surface area contributed by atoms with E-state index in [1.54, 1.807) is 4.90 Å². The number of hydrogen-bond acceptors (Lipinski definition) is 5. The molecule has 0 atom stereocenters. The van der Waals surface area contributed by atoms with E-state index in [0.29, 0.717) is 18.1 Å². The number of unbranched alkanes of at least 4 members (excludes halogenated alkanes) is 2. The van der Waals surface area contributed by atoms with E-state index < -0.39 is 0 Å². The molecule has 1 aromatic heterocycles. The van der Waals surface area contributed by atoms with Crippen LogP contribution in [0.15, 0.2) is 0 Å². The van der Waals surface area contributed by atoms with Crippen molar-refractivity contribution in [2.75, 3.05) is 38.0 Å². The smallest absolute Gasteiger partial charge is 0.245 e. The van der Waals surface area contributed by atoms with Crippen molar-refractivity contribution < 1.29 is 9.59 Å². The Balaban J connectivity index is 2.66. The van der Waals surface area contributed by atoms with Gasteiger partial charge in [0, 0.05) is 24.4 Å². The molecule has 0 aliphatic heterocycles. The second-order valence-electron chi connectivity index (χ2n) is 6.51. The van der Waals surface area contributed by atoms with Crippen molar-refractivity contribution >= 4 is 28.3 Å². The van der Waals surface area contributed by atoms with Crippen molar-refractivity contribution in [3.8, 4) is 0 Å². The minimum absolute atomic E-state index is 0.0623. The summed E-state index contributed by atoms with van der Waals surface area (Å²) in [5.74, 6) is -0.116. The summed E-state index contributed by atoms with van der Waals surface area (Å²) < 4.78 is 0. The fraction of sp³-hybridized carbons (Fsp3) is 0.737. The standard InChI is InChI=1S/C19H34N4O2S/c1-6-9-10-11-18(25)23(13-12-22(7-2)8-3)14-17(24)21-19-20-15(4)16(5)26-19/h6-14H2,1-5H3,(H,20,21,24). The molecule has 0 bridgehead atoms. The minimum atomic E-state index is -0.179. The fourth-order valence-electron chi connectivity index (χ4n) is 2.64. The third-order valence-corrected chi connectivity index (χ3v) is 5.53. The quantitative estimate of drug-likeness (QED) is 0.562. The molecule has 0 saturated carbocycles. The lowest BCUT2D eigenvalue weighted by Crippen LogP contribution is -2.42. The molecule has 0 spiro atoms. The van der Waals surface area contributed by atoms with E-state index in [-0.39, 0.29) is 18.4 Å². The molecule has 148 valence electrons. The Morgan fingerprint density at radius 1 is 1.08 bits per heavy atom. The number of amides is 2.